The summed E-state index contributed by atoms with van der Waals surface area (Å²) in [4.78, 5) is 17.1. The summed E-state index contributed by atoms with van der Waals surface area (Å²) in [6.45, 7) is 4.41. The molecule has 2 aromatic rings. The van der Waals surface area contributed by atoms with E-state index in [9.17, 15) is 9.90 Å². The van der Waals surface area contributed by atoms with Crippen LogP contribution >= 0.6 is 0 Å². The van der Waals surface area contributed by atoms with E-state index >= 15 is 0 Å². The molecule has 0 aliphatic carbocycles. The first-order chi connectivity index (χ1) is 13.2. The second-order valence-corrected chi connectivity index (χ2v) is 7.82. The number of nitrogens with one attached hydrogen (secondary N) is 1. The number of hydrogen-bond donors (Lipinski definition) is 2. The fourth-order valence-corrected chi connectivity index (χ4v) is 4.45. The number of carbonyl (C=O) groups is 1. The molecule has 2 N–H and O–H groups in total. The van der Waals surface area contributed by atoms with E-state index in [1.165, 1.54) is 19.3 Å². The van der Waals surface area contributed by atoms with E-state index in [4.69, 9.17) is 0 Å². The Morgan fingerprint density at radius 3 is 2.67 bits per heavy atom. The van der Waals surface area contributed by atoms with E-state index < -0.39 is 0 Å². The van der Waals surface area contributed by atoms with Crippen molar-refractivity contribution in [3.05, 3.63) is 42.5 Å². The summed E-state index contributed by atoms with van der Waals surface area (Å²) >= 11 is 0. The zero-order chi connectivity index (χ0) is 18.6. The van der Waals surface area contributed by atoms with Crippen LogP contribution in [0.15, 0.2) is 42.5 Å². The van der Waals surface area contributed by atoms with Crippen molar-refractivity contribution in [1.82, 2.24) is 9.80 Å². The van der Waals surface area contributed by atoms with E-state index in [1.54, 1.807) is 0 Å². The fourth-order valence-electron chi connectivity index (χ4n) is 4.45. The number of aliphatic hydroxyl groups is 1. The summed E-state index contributed by atoms with van der Waals surface area (Å²) in [6.07, 6.45) is 3.91. The maximum absolute atomic E-state index is 12.5. The number of aliphatic hydroxyl groups excluding tert-OH is 1. The van der Waals surface area contributed by atoms with Gasteiger partial charge < -0.3 is 10.4 Å². The van der Waals surface area contributed by atoms with E-state index in [0.29, 0.717) is 19.5 Å². The predicted molar refractivity (Wildman–Crippen MR) is 109 cm³/mol. The Hall–Kier alpha value is -1.95. The zero-order valence-corrected chi connectivity index (χ0v) is 15.8. The molecule has 2 aliphatic rings. The van der Waals surface area contributed by atoms with Gasteiger partial charge >= 0.3 is 0 Å². The third-order valence-electron chi connectivity index (χ3n) is 5.91. The van der Waals surface area contributed by atoms with E-state index in [1.807, 2.05) is 30.3 Å². The Balaban J connectivity index is 1.30. The largest absolute Gasteiger partial charge is 0.390 e. The summed E-state index contributed by atoms with van der Waals surface area (Å²) in [7, 11) is 0. The van der Waals surface area contributed by atoms with E-state index in [0.717, 1.165) is 36.1 Å². The van der Waals surface area contributed by atoms with Crippen molar-refractivity contribution in [1.29, 1.82) is 0 Å². The highest BCUT2D eigenvalue weighted by molar-refractivity contribution is 6.02. The Kier molecular flexibility index (Phi) is 5.72. The summed E-state index contributed by atoms with van der Waals surface area (Å²) in [6, 6.07) is 14.3. The number of benzene rings is 2. The number of amides is 1. The van der Waals surface area contributed by atoms with Gasteiger partial charge in [0.25, 0.3) is 0 Å². The standard InChI is InChI=1S/C22H29N3O2/c26-21-16-24(15-20(21)25-12-4-1-5-13-25)14-11-22(27)23-19-10-6-8-17-7-2-3-9-18(17)19/h2-3,6-10,20-21,26H,1,4-5,11-16H2,(H,23,27)/t20-,21-/m1/s1. The van der Waals surface area contributed by atoms with Crippen LogP contribution in [0.5, 0.6) is 0 Å². The maximum atomic E-state index is 12.5. The molecule has 5 heteroatoms. The molecular formula is C22H29N3O2. The molecule has 2 fully saturated rings. The lowest BCUT2D eigenvalue weighted by Crippen LogP contribution is -2.45. The number of β-amino-alcohol motifs (C(OH)–C–C–N with tert-alkyl or cyclic N) is 1. The van der Waals surface area contributed by atoms with Gasteiger partial charge in [-0.05, 0) is 37.4 Å². The number of hydrogen-bond acceptors (Lipinski definition) is 4. The maximum Gasteiger partial charge on any atom is 0.225 e. The van der Waals surface area contributed by atoms with Crippen molar-refractivity contribution in [3.63, 3.8) is 0 Å². The monoisotopic (exact) mass is 367 g/mol. The van der Waals surface area contributed by atoms with Crippen LogP contribution in [0.3, 0.4) is 0 Å². The molecule has 0 saturated carbocycles. The van der Waals surface area contributed by atoms with Crippen LogP contribution in [0.1, 0.15) is 25.7 Å². The molecule has 0 spiro atoms. The topological polar surface area (TPSA) is 55.8 Å². The van der Waals surface area contributed by atoms with Crippen LogP contribution in [0.2, 0.25) is 0 Å². The highest BCUT2D eigenvalue weighted by atomic mass is 16.3. The smallest absolute Gasteiger partial charge is 0.225 e. The first-order valence-electron chi connectivity index (χ1n) is 10.1. The van der Waals surface area contributed by atoms with Gasteiger partial charge in [-0.15, -0.1) is 0 Å². The first kappa shape index (κ1) is 18.4. The van der Waals surface area contributed by atoms with Gasteiger partial charge in [0.1, 0.15) is 0 Å². The number of nitrogens with zero attached hydrogens (tertiary/aromatic N) is 2. The first-order valence-corrected chi connectivity index (χ1v) is 10.1. The van der Waals surface area contributed by atoms with Gasteiger partial charge in [-0.25, -0.2) is 0 Å². The molecule has 0 radical (unpaired) electrons. The van der Waals surface area contributed by atoms with Crippen LogP contribution < -0.4 is 5.32 Å². The Morgan fingerprint density at radius 1 is 1.04 bits per heavy atom. The van der Waals surface area contributed by atoms with E-state index in [-0.39, 0.29) is 18.1 Å². The summed E-state index contributed by atoms with van der Waals surface area (Å²) in [5.41, 5.74) is 0.866. The lowest BCUT2D eigenvalue weighted by molar-refractivity contribution is -0.116. The van der Waals surface area contributed by atoms with Gasteiger partial charge in [-0.3, -0.25) is 14.6 Å². The van der Waals surface area contributed by atoms with Gasteiger partial charge in [0.05, 0.1) is 6.10 Å². The molecule has 2 aromatic carbocycles. The Labute approximate surface area is 161 Å². The molecule has 2 atom stereocenters. The second-order valence-electron chi connectivity index (χ2n) is 7.82. The molecule has 0 unspecified atom stereocenters. The molecule has 2 aliphatic heterocycles. The number of likely N-dealkylation sites (tertiary alicyclic amines) is 2. The minimum absolute atomic E-state index is 0.0299. The number of rotatable bonds is 5. The van der Waals surface area contributed by atoms with Crippen molar-refractivity contribution in [2.75, 3.05) is 38.0 Å². The highest BCUT2D eigenvalue weighted by Crippen LogP contribution is 2.24. The Bertz CT molecular complexity index is 783. The fraction of sp³-hybridized carbons (Fsp3) is 0.500. The molecule has 27 heavy (non-hydrogen) atoms. The van der Waals surface area contributed by atoms with Crippen molar-refractivity contribution in [2.45, 2.75) is 37.8 Å². The zero-order valence-electron chi connectivity index (χ0n) is 15.8. The molecule has 0 aromatic heterocycles. The van der Waals surface area contributed by atoms with Gasteiger partial charge in [0.15, 0.2) is 0 Å². The normalized spacial score (nSPS) is 24.3. The number of fused-ring (bicyclic) bond motifs is 1. The second kappa shape index (κ2) is 8.38. The molecule has 2 saturated heterocycles. The van der Waals surface area contributed by atoms with Crippen molar-refractivity contribution in [2.24, 2.45) is 0 Å². The molecule has 2 heterocycles. The minimum Gasteiger partial charge on any atom is -0.390 e. The number of anilines is 1. The van der Waals surface area contributed by atoms with Crippen LogP contribution in [-0.2, 0) is 4.79 Å². The SMILES string of the molecule is O=C(CCN1C[C@@H](O)[C@H](N2CCCCC2)C1)Nc1cccc2ccccc12. The summed E-state index contributed by atoms with van der Waals surface area (Å²) in [5, 5.41) is 15.7. The van der Waals surface area contributed by atoms with Gasteiger partial charge in [0.2, 0.25) is 5.91 Å². The summed E-state index contributed by atoms with van der Waals surface area (Å²) in [5.74, 6) is 0.0299. The molecule has 0 bridgehead atoms. The van der Waals surface area contributed by atoms with Crippen LogP contribution in [0.4, 0.5) is 5.69 Å². The third-order valence-corrected chi connectivity index (χ3v) is 5.91. The average molecular weight is 367 g/mol. The lowest BCUT2D eigenvalue weighted by atomic mass is 10.1. The van der Waals surface area contributed by atoms with Crippen LogP contribution in [0.25, 0.3) is 10.8 Å². The molecular weight excluding hydrogens is 338 g/mol. The number of carbonyl (C=O) groups excluding carboxylic acids is 1. The van der Waals surface area contributed by atoms with Crippen molar-refractivity contribution >= 4 is 22.4 Å². The van der Waals surface area contributed by atoms with Gasteiger partial charge in [0, 0.05) is 43.2 Å². The highest BCUT2D eigenvalue weighted by Gasteiger charge is 2.35. The minimum atomic E-state index is -0.302. The summed E-state index contributed by atoms with van der Waals surface area (Å²) < 4.78 is 0. The molecule has 5 nitrogen and oxygen atoms in total. The number of piperidine rings is 1. The van der Waals surface area contributed by atoms with E-state index in [2.05, 4.69) is 27.2 Å². The van der Waals surface area contributed by atoms with Gasteiger partial charge in [-0.2, -0.15) is 0 Å². The quantitative estimate of drug-likeness (QED) is 0.853. The molecule has 144 valence electrons. The lowest BCUT2D eigenvalue weighted by Gasteiger charge is -2.33. The van der Waals surface area contributed by atoms with Gasteiger partial charge in [-0.1, -0.05) is 42.8 Å². The van der Waals surface area contributed by atoms with Crippen molar-refractivity contribution < 1.29 is 9.90 Å². The Morgan fingerprint density at radius 2 is 1.81 bits per heavy atom. The van der Waals surface area contributed by atoms with Crippen LogP contribution in [-0.4, -0.2) is 65.7 Å². The molecule has 4 rings (SSSR count). The van der Waals surface area contributed by atoms with Crippen molar-refractivity contribution in [3.8, 4) is 0 Å². The predicted octanol–water partition coefficient (Wildman–Crippen LogP) is 2.70. The third kappa shape index (κ3) is 4.32. The molecule has 1 amide bonds. The van der Waals surface area contributed by atoms with Crippen LogP contribution in [0, 0.1) is 0 Å². The average Bonchev–Trinajstić information content (AvgIpc) is 3.08.